The van der Waals surface area contributed by atoms with Crippen molar-refractivity contribution in [1.82, 2.24) is 0 Å². The number of aliphatic carboxylic acids is 1. The van der Waals surface area contributed by atoms with Crippen molar-refractivity contribution in [2.75, 3.05) is 0 Å². The van der Waals surface area contributed by atoms with Crippen LogP contribution < -0.4 is 0 Å². The van der Waals surface area contributed by atoms with Crippen LogP contribution in [-0.2, 0) is 4.79 Å². The first kappa shape index (κ1) is 10.7. The molecule has 0 aliphatic heterocycles. The third-order valence-corrected chi connectivity index (χ3v) is 1.95. The molecule has 0 spiro atoms. The average Bonchev–Trinajstić information content (AvgIpc) is 1.90. The van der Waals surface area contributed by atoms with E-state index in [4.69, 9.17) is 5.11 Å². The van der Waals surface area contributed by atoms with Gasteiger partial charge in [0.1, 0.15) is 0 Å². The molecule has 0 saturated heterocycles. The van der Waals surface area contributed by atoms with Gasteiger partial charge < -0.3 is 5.11 Å². The summed E-state index contributed by atoms with van der Waals surface area (Å²) in [7, 11) is 0. The SMILES string of the molecule is O=C(O)C1CCCCC1.[Ca].[HH].[HH]. The van der Waals surface area contributed by atoms with Crippen molar-refractivity contribution >= 4 is 43.7 Å². The molecule has 0 unspecified atom stereocenters. The van der Waals surface area contributed by atoms with E-state index in [1.54, 1.807) is 0 Å². The first-order valence-electron chi connectivity index (χ1n) is 3.53. The van der Waals surface area contributed by atoms with Gasteiger partial charge >= 0.3 is 5.97 Å². The second kappa shape index (κ2) is 5.39. The van der Waals surface area contributed by atoms with Crippen molar-refractivity contribution in [2.24, 2.45) is 5.92 Å². The van der Waals surface area contributed by atoms with Crippen LogP contribution in [0.25, 0.3) is 0 Å². The van der Waals surface area contributed by atoms with E-state index in [1.807, 2.05) is 0 Å². The van der Waals surface area contributed by atoms with E-state index < -0.39 is 5.97 Å². The van der Waals surface area contributed by atoms with Gasteiger partial charge in [-0.25, -0.2) is 0 Å². The Hall–Kier alpha value is 0.730. The predicted molar refractivity (Wildman–Crippen MR) is 44.2 cm³/mol. The van der Waals surface area contributed by atoms with Gasteiger partial charge in [0.05, 0.1) is 5.92 Å². The number of hydrogen-bond acceptors (Lipinski definition) is 1. The van der Waals surface area contributed by atoms with Crippen LogP contribution >= 0.6 is 0 Å². The molecule has 0 aromatic rings. The first-order valence-corrected chi connectivity index (χ1v) is 3.53. The normalized spacial score (nSPS) is 19.6. The maximum absolute atomic E-state index is 10.4. The van der Waals surface area contributed by atoms with Crippen LogP contribution in [0.2, 0.25) is 0 Å². The fourth-order valence-electron chi connectivity index (χ4n) is 1.35. The predicted octanol–water partition coefficient (Wildman–Crippen LogP) is 1.76. The van der Waals surface area contributed by atoms with Crippen LogP contribution in [0.15, 0.2) is 0 Å². The third-order valence-electron chi connectivity index (χ3n) is 1.95. The molecule has 1 fully saturated rings. The Balaban J connectivity index is -0.000000270. The van der Waals surface area contributed by atoms with Crippen LogP contribution in [0.4, 0.5) is 0 Å². The summed E-state index contributed by atoms with van der Waals surface area (Å²) in [6.45, 7) is 0. The molecule has 0 aromatic heterocycles. The summed E-state index contributed by atoms with van der Waals surface area (Å²) in [5, 5.41) is 8.54. The summed E-state index contributed by atoms with van der Waals surface area (Å²) in [6, 6.07) is 0. The zero-order valence-electron chi connectivity index (χ0n) is 6.18. The molecular weight excluding hydrogens is 156 g/mol. The van der Waals surface area contributed by atoms with Crippen molar-refractivity contribution < 1.29 is 12.8 Å². The van der Waals surface area contributed by atoms with Crippen molar-refractivity contribution in [3.8, 4) is 0 Å². The van der Waals surface area contributed by atoms with Crippen LogP contribution in [0.5, 0.6) is 0 Å². The van der Waals surface area contributed by atoms with Crippen molar-refractivity contribution in [1.29, 1.82) is 0 Å². The van der Waals surface area contributed by atoms with Gasteiger partial charge in [0.15, 0.2) is 0 Å². The smallest absolute Gasteiger partial charge is 0.306 e. The molecule has 0 amide bonds. The van der Waals surface area contributed by atoms with Crippen LogP contribution in [0, 0.1) is 5.92 Å². The minimum atomic E-state index is -0.602. The monoisotopic (exact) mass is 172 g/mol. The Morgan fingerprint density at radius 1 is 1.30 bits per heavy atom. The molecule has 1 saturated carbocycles. The average molecular weight is 172 g/mol. The molecule has 0 bridgehead atoms. The van der Waals surface area contributed by atoms with E-state index in [9.17, 15) is 4.79 Å². The second-order valence-electron chi connectivity index (χ2n) is 2.67. The summed E-state index contributed by atoms with van der Waals surface area (Å²) >= 11 is 0. The van der Waals surface area contributed by atoms with Crippen molar-refractivity contribution in [2.45, 2.75) is 32.1 Å². The maximum atomic E-state index is 10.4. The van der Waals surface area contributed by atoms with Crippen LogP contribution in [-0.4, -0.2) is 48.8 Å². The summed E-state index contributed by atoms with van der Waals surface area (Å²) in [5.74, 6) is -0.631. The largest absolute Gasteiger partial charge is 0.481 e. The van der Waals surface area contributed by atoms with Crippen LogP contribution in [0.3, 0.4) is 0 Å². The molecule has 1 N–H and O–H groups in total. The summed E-state index contributed by atoms with van der Waals surface area (Å²) in [5.41, 5.74) is 0. The van der Waals surface area contributed by atoms with Gasteiger partial charge in [-0.1, -0.05) is 19.3 Å². The molecule has 0 heterocycles. The molecule has 3 heteroatoms. The van der Waals surface area contributed by atoms with Gasteiger partial charge in [0.2, 0.25) is 0 Å². The van der Waals surface area contributed by atoms with Crippen molar-refractivity contribution in [3.05, 3.63) is 0 Å². The fourth-order valence-corrected chi connectivity index (χ4v) is 1.35. The number of carbonyl (C=O) groups is 1. The van der Waals surface area contributed by atoms with Gasteiger partial charge in [-0.15, -0.1) is 0 Å². The molecule has 2 nitrogen and oxygen atoms in total. The summed E-state index contributed by atoms with van der Waals surface area (Å²) in [4.78, 5) is 10.4. The standard InChI is InChI=1S/C7H12O2.Ca.2H2/c8-7(9)6-4-2-1-3-5-6;;;/h6H,1-5H2,(H,8,9);;2*1H. The topological polar surface area (TPSA) is 37.3 Å². The van der Waals surface area contributed by atoms with Gasteiger partial charge in [0.25, 0.3) is 0 Å². The van der Waals surface area contributed by atoms with Crippen molar-refractivity contribution in [3.63, 3.8) is 0 Å². The third kappa shape index (κ3) is 3.22. The molecule has 1 aliphatic carbocycles. The minimum Gasteiger partial charge on any atom is -0.481 e. The Kier molecular flexibility index (Phi) is 5.78. The van der Waals surface area contributed by atoms with E-state index in [2.05, 4.69) is 0 Å². The van der Waals surface area contributed by atoms with Gasteiger partial charge in [-0.05, 0) is 12.8 Å². The molecule has 2 radical (unpaired) electrons. The maximum Gasteiger partial charge on any atom is 0.306 e. The molecule has 1 aliphatic rings. The molecule has 58 valence electrons. The zero-order chi connectivity index (χ0) is 6.69. The molecule has 0 aromatic carbocycles. The number of hydrogen-bond donors (Lipinski definition) is 1. The van der Waals surface area contributed by atoms with Crippen LogP contribution in [0.1, 0.15) is 35.0 Å². The summed E-state index contributed by atoms with van der Waals surface area (Å²) < 4.78 is 0. The molecule has 1 rings (SSSR count). The Labute approximate surface area is 94.0 Å². The quantitative estimate of drug-likeness (QED) is 0.612. The molecule has 0 atom stereocenters. The van der Waals surface area contributed by atoms with E-state index in [0.29, 0.717) is 0 Å². The Morgan fingerprint density at radius 2 is 1.80 bits per heavy atom. The van der Waals surface area contributed by atoms with Gasteiger partial charge in [-0.3, -0.25) is 4.79 Å². The number of carboxylic acid groups (broad SMARTS) is 1. The summed E-state index contributed by atoms with van der Waals surface area (Å²) in [6.07, 6.45) is 5.24. The number of carboxylic acids is 1. The zero-order valence-corrected chi connectivity index (χ0v) is 8.38. The van der Waals surface area contributed by atoms with E-state index in [1.165, 1.54) is 6.42 Å². The fraction of sp³-hybridized carbons (Fsp3) is 0.857. The Bertz CT molecular complexity index is 116. The van der Waals surface area contributed by atoms with Gasteiger partial charge in [0, 0.05) is 40.6 Å². The second-order valence-corrected chi connectivity index (χ2v) is 2.67. The van der Waals surface area contributed by atoms with E-state index >= 15 is 0 Å². The van der Waals surface area contributed by atoms with E-state index in [-0.39, 0.29) is 46.5 Å². The van der Waals surface area contributed by atoms with E-state index in [0.717, 1.165) is 25.7 Å². The first-order chi connectivity index (χ1) is 4.30. The molecule has 10 heavy (non-hydrogen) atoms. The minimum absolute atomic E-state index is 0. The molecular formula is C7H16CaO2. The van der Waals surface area contributed by atoms with Gasteiger partial charge in [-0.2, -0.15) is 0 Å². The Morgan fingerprint density at radius 3 is 2.10 bits per heavy atom. The number of rotatable bonds is 1.